The van der Waals surface area contributed by atoms with Crippen LogP contribution in [0.3, 0.4) is 0 Å². The van der Waals surface area contributed by atoms with Crippen molar-refractivity contribution in [2.45, 2.75) is 0 Å². The van der Waals surface area contributed by atoms with Crippen LogP contribution in [0.4, 0.5) is 8.78 Å². The number of benzene rings is 2. The Morgan fingerprint density at radius 3 is 2.39 bits per heavy atom. The third-order valence-corrected chi connectivity index (χ3v) is 3.39. The molecule has 0 saturated heterocycles. The third-order valence-electron chi connectivity index (χ3n) is 3.39. The van der Waals surface area contributed by atoms with Crippen LogP contribution in [0.1, 0.15) is 21.6 Å². The maximum Gasteiger partial charge on any atom is 0.336 e. The Hall–Kier alpha value is -3.08. The smallest absolute Gasteiger partial charge is 0.336 e. The Morgan fingerprint density at radius 1 is 1.00 bits per heavy atom. The molecule has 3 nitrogen and oxygen atoms in total. The van der Waals surface area contributed by atoms with Gasteiger partial charge in [0.1, 0.15) is 11.6 Å². The van der Waals surface area contributed by atoms with Crippen LogP contribution in [-0.2, 0) is 0 Å². The van der Waals surface area contributed by atoms with Gasteiger partial charge in [-0.3, -0.25) is 0 Å². The van der Waals surface area contributed by atoms with Crippen LogP contribution < -0.4 is 0 Å². The summed E-state index contributed by atoms with van der Waals surface area (Å²) in [4.78, 5) is 15.7. The molecule has 114 valence electrons. The number of fused-ring (bicyclic) bond motifs is 1. The second-order valence-corrected chi connectivity index (χ2v) is 4.89. The van der Waals surface area contributed by atoms with E-state index in [1.807, 2.05) is 0 Å². The molecule has 1 N–H and O–H groups in total. The van der Waals surface area contributed by atoms with Crippen molar-refractivity contribution in [2.75, 3.05) is 0 Å². The van der Waals surface area contributed by atoms with Gasteiger partial charge in [-0.1, -0.05) is 24.3 Å². The van der Waals surface area contributed by atoms with Gasteiger partial charge in [-0.15, -0.1) is 0 Å². The van der Waals surface area contributed by atoms with Gasteiger partial charge in [0.2, 0.25) is 0 Å². The van der Waals surface area contributed by atoms with Crippen molar-refractivity contribution in [3.63, 3.8) is 0 Å². The van der Waals surface area contributed by atoms with Crippen molar-refractivity contribution in [3.8, 4) is 0 Å². The average Bonchev–Trinajstić information content (AvgIpc) is 2.53. The molecule has 1 aromatic heterocycles. The highest BCUT2D eigenvalue weighted by atomic mass is 19.1. The van der Waals surface area contributed by atoms with Crippen LogP contribution in [0.25, 0.3) is 23.1 Å². The first-order chi connectivity index (χ1) is 11.1. The molecule has 0 aliphatic carbocycles. The molecule has 0 atom stereocenters. The zero-order valence-corrected chi connectivity index (χ0v) is 11.8. The van der Waals surface area contributed by atoms with Crippen LogP contribution in [-0.4, -0.2) is 16.1 Å². The first-order valence-corrected chi connectivity index (χ1v) is 6.81. The number of carboxylic acid groups (broad SMARTS) is 1. The number of aromatic carboxylic acids is 1. The van der Waals surface area contributed by atoms with E-state index in [0.29, 0.717) is 16.6 Å². The summed E-state index contributed by atoms with van der Waals surface area (Å²) < 4.78 is 27.2. The fourth-order valence-corrected chi connectivity index (χ4v) is 2.30. The molecule has 0 unspecified atom stereocenters. The summed E-state index contributed by atoms with van der Waals surface area (Å²) in [5.74, 6) is -2.48. The standard InChI is InChI=1S/C18H11F2NO2/c19-15-5-3-6-16(20)13(15)9-8-11-10-14(18(22)23)12-4-1-2-7-17(12)21-11/h1-10H,(H,22,23). The number of para-hydroxylation sites is 1. The minimum atomic E-state index is -1.09. The Bertz CT molecular complexity index is 915. The fourth-order valence-electron chi connectivity index (χ4n) is 2.30. The zero-order chi connectivity index (χ0) is 16.4. The Labute approximate surface area is 130 Å². The highest BCUT2D eigenvalue weighted by Gasteiger charge is 2.11. The maximum absolute atomic E-state index is 13.6. The van der Waals surface area contributed by atoms with E-state index in [9.17, 15) is 18.7 Å². The van der Waals surface area contributed by atoms with Crippen molar-refractivity contribution in [1.29, 1.82) is 0 Å². The van der Waals surface area contributed by atoms with Gasteiger partial charge in [0.05, 0.1) is 16.8 Å². The lowest BCUT2D eigenvalue weighted by Crippen LogP contribution is -2.00. The molecule has 2 aromatic carbocycles. The minimum Gasteiger partial charge on any atom is -0.478 e. The first kappa shape index (κ1) is 14.8. The lowest BCUT2D eigenvalue weighted by molar-refractivity contribution is 0.0699. The molecule has 0 radical (unpaired) electrons. The highest BCUT2D eigenvalue weighted by molar-refractivity contribution is 6.03. The van der Waals surface area contributed by atoms with Crippen molar-refractivity contribution in [1.82, 2.24) is 4.98 Å². The summed E-state index contributed by atoms with van der Waals surface area (Å²) >= 11 is 0. The lowest BCUT2D eigenvalue weighted by Gasteiger charge is -2.04. The van der Waals surface area contributed by atoms with Gasteiger partial charge in [-0.2, -0.15) is 0 Å². The normalized spacial score (nSPS) is 11.2. The Balaban J connectivity index is 2.10. The van der Waals surface area contributed by atoms with Crippen molar-refractivity contribution >= 4 is 29.0 Å². The number of halogens is 2. The largest absolute Gasteiger partial charge is 0.478 e. The fraction of sp³-hybridized carbons (Fsp3) is 0. The lowest BCUT2D eigenvalue weighted by atomic mass is 10.1. The van der Waals surface area contributed by atoms with Crippen molar-refractivity contribution in [2.24, 2.45) is 0 Å². The molecule has 0 bridgehead atoms. The number of carboxylic acids is 1. The van der Waals surface area contributed by atoms with Crippen LogP contribution in [0, 0.1) is 11.6 Å². The molecule has 0 aliphatic heterocycles. The highest BCUT2D eigenvalue weighted by Crippen LogP contribution is 2.21. The van der Waals surface area contributed by atoms with E-state index < -0.39 is 17.6 Å². The third kappa shape index (κ3) is 2.94. The minimum absolute atomic E-state index is 0.0873. The van der Waals surface area contributed by atoms with Gasteiger partial charge < -0.3 is 5.11 Å². The van der Waals surface area contributed by atoms with E-state index in [2.05, 4.69) is 4.98 Å². The van der Waals surface area contributed by atoms with Gasteiger partial charge in [0.15, 0.2) is 0 Å². The van der Waals surface area contributed by atoms with Gasteiger partial charge in [-0.05, 0) is 36.4 Å². The quantitative estimate of drug-likeness (QED) is 0.781. The number of aromatic nitrogens is 1. The van der Waals surface area contributed by atoms with Crippen molar-refractivity contribution in [3.05, 3.63) is 77.0 Å². The van der Waals surface area contributed by atoms with E-state index in [4.69, 9.17) is 0 Å². The number of hydrogen-bond acceptors (Lipinski definition) is 2. The van der Waals surface area contributed by atoms with Crippen LogP contribution in [0.5, 0.6) is 0 Å². The van der Waals surface area contributed by atoms with E-state index in [0.717, 1.165) is 12.1 Å². The Kier molecular flexibility index (Phi) is 3.85. The van der Waals surface area contributed by atoms with E-state index in [-0.39, 0.29) is 11.1 Å². The molecule has 0 fully saturated rings. The Morgan fingerprint density at radius 2 is 1.70 bits per heavy atom. The topological polar surface area (TPSA) is 50.2 Å². The van der Waals surface area contributed by atoms with Gasteiger partial charge in [0.25, 0.3) is 0 Å². The van der Waals surface area contributed by atoms with Gasteiger partial charge >= 0.3 is 5.97 Å². The second-order valence-electron chi connectivity index (χ2n) is 4.89. The number of nitrogens with zero attached hydrogens (tertiary/aromatic N) is 1. The number of carbonyl (C=O) groups is 1. The molecule has 0 spiro atoms. The second kappa shape index (κ2) is 5.96. The zero-order valence-electron chi connectivity index (χ0n) is 11.8. The molecular formula is C18H11F2NO2. The molecule has 23 heavy (non-hydrogen) atoms. The number of rotatable bonds is 3. The van der Waals surface area contributed by atoms with E-state index in [1.54, 1.807) is 24.3 Å². The van der Waals surface area contributed by atoms with Crippen LogP contribution >= 0.6 is 0 Å². The predicted octanol–water partition coefficient (Wildman–Crippen LogP) is 4.38. The van der Waals surface area contributed by atoms with Gasteiger partial charge in [0, 0.05) is 10.9 Å². The summed E-state index contributed by atoms with van der Waals surface area (Å²) in [6.07, 6.45) is 2.63. The molecule has 0 amide bonds. The molecule has 0 saturated carbocycles. The van der Waals surface area contributed by atoms with Crippen LogP contribution in [0.15, 0.2) is 48.5 Å². The maximum atomic E-state index is 13.6. The van der Waals surface area contributed by atoms with Gasteiger partial charge in [-0.25, -0.2) is 18.6 Å². The monoisotopic (exact) mass is 311 g/mol. The predicted molar refractivity (Wildman–Crippen MR) is 84.0 cm³/mol. The number of hydrogen-bond donors (Lipinski definition) is 1. The van der Waals surface area contributed by atoms with E-state index >= 15 is 0 Å². The first-order valence-electron chi connectivity index (χ1n) is 6.81. The summed E-state index contributed by atoms with van der Waals surface area (Å²) in [6, 6.07) is 11.8. The summed E-state index contributed by atoms with van der Waals surface area (Å²) in [7, 11) is 0. The van der Waals surface area contributed by atoms with Crippen LogP contribution in [0.2, 0.25) is 0 Å². The molecule has 5 heteroatoms. The average molecular weight is 311 g/mol. The molecular weight excluding hydrogens is 300 g/mol. The summed E-state index contributed by atoms with van der Waals surface area (Å²) in [6.45, 7) is 0. The SMILES string of the molecule is O=C(O)c1cc(C=Cc2c(F)cccc2F)nc2ccccc12. The summed E-state index contributed by atoms with van der Waals surface area (Å²) in [5, 5.41) is 9.82. The number of pyridine rings is 1. The summed E-state index contributed by atoms with van der Waals surface area (Å²) in [5.41, 5.74) is 0.702. The molecule has 3 rings (SSSR count). The molecule has 3 aromatic rings. The van der Waals surface area contributed by atoms with E-state index in [1.165, 1.54) is 24.3 Å². The molecule has 0 aliphatic rings. The van der Waals surface area contributed by atoms with Crippen molar-refractivity contribution < 1.29 is 18.7 Å². The molecule has 1 heterocycles.